The Balaban J connectivity index is 1.24. The van der Waals surface area contributed by atoms with Crippen LogP contribution in [0.2, 0.25) is 0 Å². The molecule has 9 nitrogen and oxygen atoms in total. The smallest absolute Gasteiger partial charge is 0.219 e. The van der Waals surface area contributed by atoms with Crippen LogP contribution in [0.3, 0.4) is 0 Å². The van der Waals surface area contributed by atoms with Crippen LogP contribution in [0.5, 0.6) is 17.4 Å². The monoisotopic (exact) mass is 445 g/mol. The molecule has 1 aliphatic rings. The number of likely N-dealkylation sites (tertiary alicyclic amines) is 1. The number of fused-ring (bicyclic) bond motifs is 1. The van der Waals surface area contributed by atoms with Gasteiger partial charge in [-0.3, -0.25) is 9.58 Å². The van der Waals surface area contributed by atoms with E-state index in [0.29, 0.717) is 35.9 Å². The highest BCUT2D eigenvalue weighted by Gasteiger charge is 2.19. The number of benzene rings is 1. The van der Waals surface area contributed by atoms with Gasteiger partial charge < -0.3 is 14.8 Å². The number of ether oxygens (including phenoxy) is 2. The molecule has 4 heterocycles. The average molecular weight is 446 g/mol. The van der Waals surface area contributed by atoms with Crippen molar-refractivity contribution in [3.05, 3.63) is 55.1 Å². The van der Waals surface area contributed by atoms with Crippen LogP contribution >= 0.6 is 0 Å². The molecule has 0 unspecified atom stereocenters. The third-order valence-electron chi connectivity index (χ3n) is 5.84. The number of nitrogens with zero attached hydrogens (tertiary/aromatic N) is 6. The van der Waals surface area contributed by atoms with E-state index in [4.69, 9.17) is 9.47 Å². The second-order valence-electron chi connectivity index (χ2n) is 8.21. The normalized spacial score (nSPS) is 16.2. The van der Waals surface area contributed by atoms with Gasteiger partial charge >= 0.3 is 0 Å². The van der Waals surface area contributed by atoms with Crippen LogP contribution in [0.25, 0.3) is 10.9 Å². The summed E-state index contributed by atoms with van der Waals surface area (Å²) >= 11 is 0. The van der Waals surface area contributed by atoms with Crippen molar-refractivity contribution in [2.75, 3.05) is 25.0 Å². The van der Waals surface area contributed by atoms with Crippen molar-refractivity contribution in [3.63, 3.8) is 0 Å². The van der Waals surface area contributed by atoms with Gasteiger partial charge in [0.25, 0.3) is 0 Å². The van der Waals surface area contributed by atoms with Gasteiger partial charge in [0.1, 0.15) is 30.3 Å². The Morgan fingerprint density at radius 2 is 2.00 bits per heavy atom. The summed E-state index contributed by atoms with van der Waals surface area (Å²) in [6.07, 6.45) is 7.64. The Hall–Kier alpha value is -3.72. The van der Waals surface area contributed by atoms with E-state index in [9.17, 15) is 0 Å². The highest BCUT2D eigenvalue weighted by Crippen LogP contribution is 2.29. The summed E-state index contributed by atoms with van der Waals surface area (Å²) < 4.78 is 13.6. The number of nitrogens with one attached hydrogen (secondary N) is 1. The maximum Gasteiger partial charge on any atom is 0.219 e. The molecule has 0 spiro atoms. The van der Waals surface area contributed by atoms with Gasteiger partial charge in [0.05, 0.1) is 11.7 Å². The van der Waals surface area contributed by atoms with Crippen LogP contribution in [-0.4, -0.2) is 55.4 Å². The number of rotatable bonds is 8. The Kier molecular flexibility index (Phi) is 6.03. The molecule has 1 saturated heterocycles. The molecule has 0 amide bonds. The predicted octanol–water partition coefficient (Wildman–Crippen LogP) is 4.16. The largest absolute Gasteiger partial charge is 0.491 e. The van der Waals surface area contributed by atoms with Crippen molar-refractivity contribution < 1.29 is 9.47 Å². The minimum absolute atomic E-state index is 0.492. The molecule has 1 aliphatic heterocycles. The summed E-state index contributed by atoms with van der Waals surface area (Å²) in [5.74, 6) is 3.24. The summed E-state index contributed by atoms with van der Waals surface area (Å²) in [7, 11) is 1.87. The van der Waals surface area contributed by atoms with Crippen LogP contribution in [0.4, 0.5) is 11.6 Å². The summed E-state index contributed by atoms with van der Waals surface area (Å²) in [4.78, 5) is 15.6. The first-order valence-corrected chi connectivity index (χ1v) is 11.2. The molecule has 33 heavy (non-hydrogen) atoms. The maximum atomic E-state index is 5.97. The molecule has 3 aromatic heterocycles. The fraction of sp³-hybridized carbons (Fsp3) is 0.333. The Labute approximate surface area is 192 Å². The van der Waals surface area contributed by atoms with E-state index < -0.39 is 0 Å². The number of hydrogen-bond acceptors (Lipinski definition) is 8. The standard InChI is InChI=1S/C24H27N7O2/c1-17-4-3-10-31(17)12-13-32-19-6-8-23(25-15-19)33-18-5-7-21-20(14-18)24(27-16-26-21)28-22-9-11-30(2)29-22/h5-9,11,14-17H,3-4,10,12-13H2,1-2H3,(H,26,27,28,29)/t17-/m1/s1. The van der Waals surface area contributed by atoms with Crippen molar-refractivity contribution in [3.8, 4) is 17.4 Å². The van der Waals surface area contributed by atoms with Crippen LogP contribution < -0.4 is 14.8 Å². The molecule has 1 fully saturated rings. The molecule has 0 radical (unpaired) electrons. The van der Waals surface area contributed by atoms with E-state index >= 15 is 0 Å². The van der Waals surface area contributed by atoms with E-state index in [1.54, 1.807) is 10.9 Å². The zero-order valence-electron chi connectivity index (χ0n) is 18.8. The number of hydrogen-bond donors (Lipinski definition) is 1. The number of aryl methyl sites for hydroxylation is 1. The molecule has 0 bridgehead atoms. The zero-order chi connectivity index (χ0) is 22.6. The lowest BCUT2D eigenvalue weighted by atomic mass is 10.2. The molecule has 170 valence electrons. The van der Waals surface area contributed by atoms with E-state index in [-0.39, 0.29) is 0 Å². The van der Waals surface area contributed by atoms with Crippen molar-refractivity contribution in [1.29, 1.82) is 0 Å². The van der Waals surface area contributed by atoms with Crippen LogP contribution in [0.15, 0.2) is 55.1 Å². The molecule has 1 N–H and O–H groups in total. The summed E-state index contributed by atoms with van der Waals surface area (Å²) in [6, 6.07) is 11.9. The second kappa shape index (κ2) is 9.41. The van der Waals surface area contributed by atoms with E-state index in [2.05, 4.69) is 37.2 Å². The number of anilines is 2. The van der Waals surface area contributed by atoms with Gasteiger partial charge in [0, 0.05) is 43.4 Å². The molecule has 9 heteroatoms. The van der Waals surface area contributed by atoms with E-state index in [1.165, 1.54) is 19.2 Å². The summed E-state index contributed by atoms with van der Waals surface area (Å²) in [5, 5.41) is 8.41. The quantitative estimate of drug-likeness (QED) is 0.432. The minimum atomic E-state index is 0.492. The lowest BCUT2D eigenvalue weighted by Crippen LogP contribution is -2.31. The number of aromatic nitrogens is 5. The fourth-order valence-corrected chi connectivity index (χ4v) is 4.04. The van der Waals surface area contributed by atoms with Gasteiger partial charge in [-0.15, -0.1) is 0 Å². The molecular weight excluding hydrogens is 418 g/mol. The minimum Gasteiger partial charge on any atom is -0.491 e. The third kappa shape index (κ3) is 5.04. The molecule has 5 rings (SSSR count). The van der Waals surface area contributed by atoms with Gasteiger partial charge in [-0.25, -0.2) is 15.0 Å². The zero-order valence-corrected chi connectivity index (χ0v) is 18.8. The van der Waals surface area contributed by atoms with E-state index in [0.717, 1.165) is 29.7 Å². The first kappa shape index (κ1) is 21.1. The van der Waals surface area contributed by atoms with Crippen molar-refractivity contribution >= 4 is 22.5 Å². The van der Waals surface area contributed by atoms with Crippen LogP contribution in [0, 0.1) is 0 Å². The summed E-state index contributed by atoms with van der Waals surface area (Å²) in [5.41, 5.74) is 0.805. The molecule has 1 atom stereocenters. The molecular formula is C24H27N7O2. The first-order valence-electron chi connectivity index (χ1n) is 11.2. The molecule has 1 aromatic carbocycles. The lowest BCUT2D eigenvalue weighted by Gasteiger charge is -2.20. The fourth-order valence-electron chi connectivity index (χ4n) is 4.04. The SMILES string of the molecule is C[C@@H]1CCCN1CCOc1ccc(Oc2ccc3ncnc(Nc4ccn(C)n4)c3c2)nc1. The third-order valence-corrected chi connectivity index (χ3v) is 5.84. The van der Waals surface area contributed by atoms with Gasteiger partial charge in [-0.2, -0.15) is 5.10 Å². The Morgan fingerprint density at radius 1 is 1.09 bits per heavy atom. The molecule has 4 aromatic rings. The van der Waals surface area contributed by atoms with Crippen LogP contribution in [0.1, 0.15) is 19.8 Å². The second-order valence-corrected chi connectivity index (χ2v) is 8.21. The van der Waals surface area contributed by atoms with Gasteiger partial charge in [-0.1, -0.05) is 0 Å². The molecule has 0 aliphatic carbocycles. The summed E-state index contributed by atoms with van der Waals surface area (Å²) in [6.45, 7) is 5.03. The maximum absolute atomic E-state index is 5.97. The highest BCUT2D eigenvalue weighted by atomic mass is 16.5. The Bertz CT molecular complexity index is 1230. The average Bonchev–Trinajstić information content (AvgIpc) is 3.43. The van der Waals surface area contributed by atoms with Crippen molar-refractivity contribution in [1.82, 2.24) is 29.6 Å². The highest BCUT2D eigenvalue weighted by molar-refractivity contribution is 5.91. The van der Waals surface area contributed by atoms with Gasteiger partial charge in [0.15, 0.2) is 5.82 Å². The topological polar surface area (TPSA) is 90.2 Å². The lowest BCUT2D eigenvalue weighted by molar-refractivity contribution is 0.204. The van der Waals surface area contributed by atoms with Gasteiger partial charge in [0.2, 0.25) is 5.88 Å². The van der Waals surface area contributed by atoms with Crippen molar-refractivity contribution in [2.24, 2.45) is 7.05 Å². The number of pyridine rings is 1. The van der Waals surface area contributed by atoms with Crippen molar-refractivity contribution in [2.45, 2.75) is 25.8 Å². The Morgan fingerprint density at radius 3 is 2.76 bits per heavy atom. The predicted molar refractivity (Wildman–Crippen MR) is 126 cm³/mol. The van der Waals surface area contributed by atoms with E-state index in [1.807, 2.05) is 49.6 Å². The van der Waals surface area contributed by atoms with Gasteiger partial charge in [-0.05, 0) is 50.6 Å². The van der Waals surface area contributed by atoms with Crippen LogP contribution in [-0.2, 0) is 7.05 Å². The first-order chi connectivity index (χ1) is 16.1. The molecule has 0 saturated carbocycles.